The highest BCUT2D eigenvalue weighted by Crippen LogP contribution is 2.59. The maximum Gasteiger partial charge on any atom is 0.231 e. The van der Waals surface area contributed by atoms with E-state index in [2.05, 4.69) is 223 Å². The number of benzene rings is 9. The van der Waals surface area contributed by atoms with E-state index in [0.717, 1.165) is 28.6 Å². The van der Waals surface area contributed by atoms with Crippen LogP contribution in [0.1, 0.15) is 44.5 Å². The Labute approximate surface area is 350 Å². The third-order valence-corrected chi connectivity index (χ3v) is 13.0. The summed E-state index contributed by atoms with van der Waals surface area (Å²) in [5.41, 5.74) is 17.0. The van der Waals surface area contributed by atoms with Gasteiger partial charge in [0.2, 0.25) is 6.79 Å². The van der Waals surface area contributed by atoms with Gasteiger partial charge in [0.1, 0.15) is 0 Å². The molecule has 0 radical (unpaired) electrons. The highest BCUT2D eigenvalue weighted by atomic mass is 16.7. The van der Waals surface area contributed by atoms with Crippen LogP contribution in [-0.4, -0.2) is 6.79 Å². The lowest BCUT2D eigenvalue weighted by Gasteiger charge is -2.36. The number of hydrogen-bond acceptors (Lipinski definition) is 3. The van der Waals surface area contributed by atoms with Crippen molar-refractivity contribution < 1.29 is 9.47 Å². The van der Waals surface area contributed by atoms with E-state index < -0.39 is 10.8 Å². The lowest BCUT2D eigenvalue weighted by molar-refractivity contribution is 0.174. The summed E-state index contributed by atoms with van der Waals surface area (Å²) in [6.07, 6.45) is 0. The maximum absolute atomic E-state index is 6.04. The quantitative estimate of drug-likeness (QED) is 0.161. The first-order valence-electron chi connectivity index (χ1n) is 20.7. The molecule has 2 aliphatic carbocycles. The number of hydrogen-bond donors (Lipinski definition) is 0. The van der Waals surface area contributed by atoms with Crippen molar-refractivity contribution >= 4 is 17.1 Å². The number of fused-ring (bicyclic) bond motifs is 7. The van der Waals surface area contributed by atoms with Crippen molar-refractivity contribution in [2.24, 2.45) is 0 Å². The van der Waals surface area contributed by atoms with Crippen molar-refractivity contribution in [3.63, 3.8) is 0 Å². The number of ether oxygens (including phenoxy) is 2. The zero-order valence-corrected chi connectivity index (χ0v) is 32.8. The molecule has 0 N–H and O–H groups in total. The fourth-order valence-electron chi connectivity index (χ4n) is 10.6. The van der Waals surface area contributed by atoms with Crippen LogP contribution in [0.4, 0.5) is 17.1 Å². The average molecular weight is 770 g/mol. The van der Waals surface area contributed by atoms with Crippen LogP contribution in [0.3, 0.4) is 0 Å². The topological polar surface area (TPSA) is 21.7 Å². The molecule has 3 nitrogen and oxygen atoms in total. The van der Waals surface area contributed by atoms with E-state index in [9.17, 15) is 0 Å². The summed E-state index contributed by atoms with van der Waals surface area (Å²) in [4.78, 5) is 2.40. The van der Waals surface area contributed by atoms with Crippen molar-refractivity contribution in [3.8, 4) is 33.8 Å². The monoisotopic (exact) mass is 769 g/mol. The lowest BCUT2D eigenvalue weighted by Crippen LogP contribution is -2.29. The van der Waals surface area contributed by atoms with Crippen molar-refractivity contribution in [1.82, 2.24) is 0 Å². The van der Waals surface area contributed by atoms with Gasteiger partial charge in [0.05, 0.1) is 16.5 Å². The third kappa shape index (κ3) is 4.84. The van der Waals surface area contributed by atoms with Crippen LogP contribution < -0.4 is 14.4 Å². The highest BCUT2D eigenvalue weighted by Gasteiger charge is 2.48. The molecule has 0 saturated carbocycles. The molecule has 3 heteroatoms. The third-order valence-electron chi connectivity index (χ3n) is 13.0. The van der Waals surface area contributed by atoms with E-state index in [0.29, 0.717) is 0 Å². The molecule has 0 saturated heterocycles. The molecule has 0 amide bonds. The summed E-state index contributed by atoms with van der Waals surface area (Å²) in [7, 11) is 0. The Hall–Kier alpha value is -7.62. The summed E-state index contributed by atoms with van der Waals surface area (Å²) in [6.45, 7) is 0.209. The highest BCUT2D eigenvalue weighted by molar-refractivity contribution is 5.92. The largest absolute Gasteiger partial charge is 0.454 e. The van der Waals surface area contributed by atoms with Crippen molar-refractivity contribution in [1.29, 1.82) is 0 Å². The normalized spacial score (nSPS) is 14.5. The minimum Gasteiger partial charge on any atom is -0.454 e. The van der Waals surface area contributed by atoms with Gasteiger partial charge in [0, 0.05) is 17.4 Å². The van der Waals surface area contributed by atoms with Crippen LogP contribution in [0.25, 0.3) is 22.3 Å². The standard InChI is InChI=1S/C57H39NO2/c1-5-17-39(18-6-1)56(40-19-7-2-8-20-40)50-27-15-13-25-46(50)48-32-29-43(35-52(48)56)58(45-31-34-54-55(37-45)60-38-59-54)44-30-33-49-47-26-14-16-28-51(47)57(53(49)36-44,41-21-9-3-10-22-41)42-23-11-4-12-24-42/h1-37H,38H2. The summed E-state index contributed by atoms with van der Waals surface area (Å²) in [5.74, 6) is 1.50. The minimum atomic E-state index is -0.541. The summed E-state index contributed by atoms with van der Waals surface area (Å²) < 4.78 is 11.9. The Balaban J connectivity index is 1.14. The molecule has 3 aliphatic rings. The zero-order chi connectivity index (χ0) is 39.7. The zero-order valence-electron chi connectivity index (χ0n) is 32.8. The van der Waals surface area contributed by atoms with E-state index in [1.807, 2.05) is 6.07 Å². The van der Waals surface area contributed by atoms with Gasteiger partial charge >= 0.3 is 0 Å². The molecule has 0 fully saturated rings. The summed E-state index contributed by atoms with van der Waals surface area (Å²) >= 11 is 0. The predicted octanol–water partition coefficient (Wildman–Crippen LogP) is 13.6. The number of rotatable bonds is 7. The van der Waals surface area contributed by atoms with Crippen molar-refractivity contribution in [3.05, 3.63) is 269 Å². The van der Waals surface area contributed by atoms with Crippen molar-refractivity contribution in [2.75, 3.05) is 11.7 Å². The van der Waals surface area contributed by atoms with E-state index in [-0.39, 0.29) is 6.79 Å². The molecule has 9 aromatic carbocycles. The lowest BCUT2D eigenvalue weighted by atomic mass is 9.67. The molecule has 0 atom stereocenters. The number of nitrogens with zero attached hydrogens (tertiary/aromatic N) is 1. The summed E-state index contributed by atoms with van der Waals surface area (Å²) in [6, 6.07) is 82.3. The second-order valence-corrected chi connectivity index (χ2v) is 15.9. The van der Waals surface area contributed by atoms with Gasteiger partial charge in [0.15, 0.2) is 11.5 Å². The first kappa shape index (κ1) is 34.4. The average Bonchev–Trinajstić information content (AvgIpc) is 4.00. The maximum atomic E-state index is 6.04. The molecule has 0 bridgehead atoms. The van der Waals surface area contributed by atoms with E-state index >= 15 is 0 Å². The summed E-state index contributed by atoms with van der Waals surface area (Å²) in [5, 5.41) is 0. The molecule has 9 aromatic rings. The molecular weight excluding hydrogens is 731 g/mol. The van der Waals surface area contributed by atoms with Gasteiger partial charge in [-0.15, -0.1) is 0 Å². The van der Waals surface area contributed by atoms with Crippen LogP contribution in [0.15, 0.2) is 224 Å². The minimum absolute atomic E-state index is 0.209. The van der Waals surface area contributed by atoms with Crippen LogP contribution in [0.5, 0.6) is 11.5 Å². The molecule has 0 unspecified atom stereocenters. The molecule has 1 aliphatic heterocycles. The molecule has 0 spiro atoms. The van der Waals surface area contributed by atoms with E-state index in [1.165, 1.54) is 66.8 Å². The van der Waals surface area contributed by atoms with Gasteiger partial charge in [-0.2, -0.15) is 0 Å². The molecule has 12 rings (SSSR count). The molecule has 0 aromatic heterocycles. The second-order valence-electron chi connectivity index (χ2n) is 15.9. The molecular formula is C57H39NO2. The Bertz CT molecular complexity index is 2810. The van der Waals surface area contributed by atoms with Crippen LogP contribution in [0, 0.1) is 0 Å². The van der Waals surface area contributed by atoms with Gasteiger partial charge in [-0.1, -0.05) is 182 Å². The second kappa shape index (κ2) is 13.5. The molecule has 1 heterocycles. The Kier molecular flexibility index (Phi) is 7.73. The van der Waals surface area contributed by atoms with Gasteiger partial charge in [-0.3, -0.25) is 0 Å². The van der Waals surface area contributed by atoms with Crippen LogP contribution in [0.2, 0.25) is 0 Å². The van der Waals surface area contributed by atoms with E-state index in [1.54, 1.807) is 0 Å². The SMILES string of the molecule is c1ccc(C2(c3ccccc3)c3ccccc3-c3ccc(N(c4ccc5c(c4)OCO5)c4ccc5c(c4)C(c4ccccc4)(c4ccccc4)c4ccccc4-5)cc32)cc1. The predicted molar refractivity (Wildman–Crippen MR) is 242 cm³/mol. The van der Waals surface area contributed by atoms with Gasteiger partial charge in [-0.25, -0.2) is 0 Å². The fourth-order valence-corrected chi connectivity index (χ4v) is 10.6. The van der Waals surface area contributed by atoms with Crippen molar-refractivity contribution in [2.45, 2.75) is 10.8 Å². The molecule has 60 heavy (non-hydrogen) atoms. The first-order chi connectivity index (χ1) is 29.8. The van der Waals surface area contributed by atoms with Gasteiger partial charge < -0.3 is 14.4 Å². The Morgan fingerprint density at radius 2 is 0.650 bits per heavy atom. The smallest absolute Gasteiger partial charge is 0.231 e. The number of anilines is 3. The Morgan fingerprint density at radius 1 is 0.300 bits per heavy atom. The van der Waals surface area contributed by atoms with Crippen LogP contribution in [-0.2, 0) is 10.8 Å². The molecule has 284 valence electrons. The van der Waals surface area contributed by atoms with Crippen LogP contribution >= 0.6 is 0 Å². The fraction of sp³-hybridized carbons (Fsp3) is 0.0526. The van der Waals surface area contributed by atoms with Gasteiger partial charge in [-0.05, 0) is 103 Å². The Morgan fingerprint density at radius 3 is 1.10 bits per heavy atom. The first-order valence-corrected chi connectivity index (χ1v) is 20.7. The van der Waals surface area contributed by atoms with Gasteiger partial charge in [0.25, 0.3) is 0 Å². The van der Waals surface area contributed by atoms with E-state index in [4.69, 9.17) is 9.47 Å².